The molecule has 1 fully saturated rings. The molecule has 164 valence electrons. The number of pyridine rings is 1. The molecule has 2 amide bonds. The van der Waals surface area contributed by atoms with E-state index < -0.39 is 29.2 Å². The van der Waals surface area contributed by atoms with Crippen LogP contribution in [-0.2, 0) is 11.3 Å². The van der Waals surface area contributed by atoms with Crippen LogP contribution >= 0.6 is 11.8 Å². The van der Waals surface area contributed by atoms with E-state index in [1.54, 1.807) is 18.3 Å². The van der Waals surface area contributed by atoms with Crippen LogP contribution < -0.4 is 10.9 Å². The zero-order valence-electron chi connectivity index (χ0n) is 17.5. The van der Waals surface area contributed by atoms with E-state index in [-0.39, 0.29) is 5.56 Å². The second-order valence-electron chi connectivity index (χ2n) is 7.63. The first-order valence-electron chi connectivity index (χ1n) is 10.1. The lowest BCUT2D eigenvalue weighted by molar-refractivity contribution is -0.119. The van der Waals surface area contributed by atoms with Gasteiger partial charge in [-0.3, -0.25) is 14.4 Å². The SMILES string of the molecule is Cc1cccc(Cn2cccc(C(=O)N3CSCC3C(=O)Nc3cccc(F)c3)c2=O)c1. The van der Waals surface area contributed by atoms with Crippen molar-refractivity contribution >= 4 is 29.3 Å². The topological polar surface area (TPSA) is 71.4 Å². The van der Waals surface area contributed by atoms with Crippen molar-refractivity contribution in [1.82, 2.24) is 9.47 Å². The van der Waals surface area contributed by atoms with Gasteiger partial charge in [-0.1, -0.05) is 35.9 Å². The van der Waals surface area contributed by atoms with Crippen LogP contribution in [0.25, 0.3) is 0 Å². The number of carbonyl (C=O) groups is 2. The molecule has 8 heteroatoms. The highest BCUT2D eigenvalue weighted by Crippen LogP contribution is 2.24. The largest absolute Gasteiger partial charge is 0.324 e. The molecule has 1 aliphatic heterocycles. The highest BCUT2D eigenvalue weighted by molar-refractivity contribution is 7.99. The Morgan fingerprint density at radius 2 is 1.94 bits per heavy atom. The van der Waals surface area contributed by atoms with Crippen LogP contribution in [0.1, 0.15) is 21.5 Å². The summed E-state index contributed by atoms with van der Waals surface area (Å²) >= 11 is 1.43. The van der Waals surface area contributed by atoms with E-state index in [0.717, 1.165) is 11.1 Å². The summed E-state index contributed by atoms with van der Waals surface area (Å²) in [5, 5.41) is 2.66. The summed E-state index contributed by atoms with van der Waals surface area (Å²) in [6.45, 7) is 2.33. The molecule has 1 aromatic heterocycles. The Balaban J connectivity index is 1.54. The number of anilines is 1. The molecule has 0 spiro atoms. The number of rotatable bonds is 5. The molecule has 0 aliphatic carbocycles. The molecular formula is C24H22FN3O3S. The summed E-state index contributed by atoms with van der Waals surface area (Å²) < 4.78 is 14.9. The van der Waals surface area contributed by atoms with Crippen LogP contribution in [0, 0.1) is 12.7 Å². The smallest absolute Gasteiger partial charge is 0.263 e. The molecule has 1 N–H and O–H groups in total. The van der Waals surface area contributed by atoms with Crippen molar-refractivity contribution in [3.8, 4) is 0 Å². The molecular weight excluding hydrogens is 429 g/mol. The van der Waals surface area contributed by atoms with Gasteiger partial charge < -0.3 is 14.8 Å². The average molecular weight is 452 g/mol. The average Bonchev–Trinajstić information content (AvgIpc) is 3.25. The monoisotopic (exact) mass is 451 g/mol. The Bertz CT molecular complexity index is 1230. The van der Waals surface area contributed by atoms with Gasteiger partial charge in [0.25, 0.3) is 11.5 Å². The number of thioether (sulfide) groups is 1. The lowest BCUT2D eigenvalue weighted by Gasteiger charge is -2.23. The minimum Gasteiger partial charge on any atom is -0.324 e. The molecule has 0 radical (unpaired) electrons. The molecule has 3 aromatic rings. The molecule has 1 atom stereocenters. The first kappa shape index (κ1) is 21.8. The van der Waals surface area contributed by atoms with Gasteiger partial charge in [-0.05, 0) is 42.8 Å². The number of carbonyl (C=O) groups excluding carboxylic acids is 2. The van der Waals surface area contributed by atoms with Crippen molar-refractivity contribution in [2.45, 2.75) is 19.5 Å². The van der Waals surface area contributed by atoms with Crippen molar-refractivity contribution in [3.05, 3.63) is 99.7 Å². The minimum absolute atomic E-state index is 0.0196. The van der Waals surface area contributed by atoms with Crippen molar-refractivity contribution in [3.63, 3.8) is 0 Å². The number of nitrogens with zero attached hydrogens (tertiary/aromatic N) is 2. The molecule has 2 heterocycles. The normalized spacial score (nSPS) is 15.6. The molecule has 6 nitrogen and oxygen atoms in total. The van der Waals surface area contributed by atoms with Crippen LogP contribution in [0.15, 0.2) is 71.7 Å². The Hall–Kier alpha value is -3.39. The summed E-state index contributed by atoms with van der Waals surface area (Å²) in [5.74, 6) is -0.665. The van der Waals surface area contributed by atoms with Crippen molar-refractivity contribution in [2.24, 2.45) is 0 Å². The van der Waals surface area contributed by atoms with Gasteiger partial charge in [0.15, 0.2) is 0 Å². The Morgan fingerprint density at radius 1 is 1.12 bits per heavy atom. The van der Waals surface area contributed by atoms with Crippen molar-refractivity contribution in [1.29, 1.82) is 0 Å². The van der Waals surface area contributed by atoms with Gasteiger partial charge in [-0.2, -0.15) is 0 Å². The standard InChI is InChI=1S/C24H22FN3O3S/c1-16-5-2-6-17(11-16)13-27-10-4-9-20(23(27)30)24(31)28-15-32-14-21(28)22(29)26-19-8-3-7-18(25)12-19/h2-12,21H,13-15H2,1H3,(H,26,29). The number of halogens is 1. The molecule has 0 saturated carbocycles. The van der Waals surface area contributed by atoms with Crippen LogP contribution in [0.5, 0.6) is 0 Å². The lowest BCUT2D eigenvalue weighted by atomic mass is 10.1. The predicted octanol–water partition coefficient (Wildman–Crippen LogP) is 3.50. The Morgan fingerprint density at radius 3 is 2.72 bits per heavy atom. The fourth-order valence-corrected chi connectivity index (χ4v) is 4.79. The number of aryl methyl sites for hydroxylation is 1. The fourth-order valence-electron chi connectivity index (χ4n) is 3.64. The minimum atomic E-state index is -0.749. The fraction of sp³-hybridized carbons (Fsp3) is 0.208. The molecule has 1 unspecified atom stereocenters. The highest BCUT2D eigenvalue weighted by Gasteiger charge is 2.36. The van der Waals surface area contributed by atoms with Crippen molar-refractivity contribution < 1.29 is 14.0 Å². The van der Waals surface area contributed by atoms with Gasteiger partial charge in [0.05, 0.1) is 12.4 Å². The van der Waals surface area contributed by atoms with Gasteiger partial charge in [0.1, 0.15) is 17.4 Å². The lowest BCUT2D eigenvalue weighted by Crippen LogP contribution is -2.46. The van der Waals surface area contributed by atoms with E-state index in [4.69, 9.17) is 0 Å². The van der Waals surface area contributed by atoms with E-state index in [0.29, 0.717) is 23.9 Å². The summed E-state index contributed by atoms with van der Waals surface area (Å²) in [6, 6.07) is 15.8. The molecule has 4 rings (SSSR count). The van der Waals surface area contributed by atoms with E-state index in [1.165, 1.54) is 45.5 Å². The van der Waals surface area contributed by atoms with Gasteiger partial charge in [-0.25, -0.2) is 4.39 Å². The molecule has 32 heavy (non-hydrogen) atoms. The maximum absolute atomic E-state index is 13.4. The maximum atomic E-state index is 13.4. The van der Waals surface area contributed by atoms with Crippen LogP contribution in [0.3, 0.4) is 0 Å². The first-order chi connectivity index (χ1) is 15.4. The van der Waals surface area contributed by atoms with Crippen LogP contribution in [-0.4, -0.2) is 39.0 Å². The maximum Gasteiger partial charge on any atom is 0.263 e. The zero-order chi connectivity index (χ0) is 22.7. The Labute approximate surface area is 189 Å². The summed E-state index contributed by atoms with van der Waals surface area (Å²) in [4.78, 5) is 40.4. The second-order valence-corrected chi connectivity index (χ2v) is 8.63. The third-order valence-electron chi connectivity index (χ3n) is 5.22. The Kier molecular flexibility index (Phi) is 6.41. The van der Waals surface area contributed by atoms with Gasteiger partial charge >= 0.3 is 0 Å². The third-order valence-corrected chi connectivity index (χ3v) is 6.24. The van der Waals surface area contributed by atoms with Gasteiger partial charge in [0, 0.05) is 17.6 Å². The number of hydrogen-bond acceptors (Lipinski definition) is 4. The summed E-state index contributed by atoms with van der Waals surface area (Å²) in [7, 11) is 0. The number of amides is 2. The summed E-state index contributed by atoms with van der Waals surface area (Å²) in [6.07, 6.45) is 1.65. The van der Waals surface area contributed by atoms with Gasteiger partial charge in [0.2, 0.25) is 5.91 Å². The highest BCUT2D eigenvalue weighted by atomic mass is 32.2. The second kappa shape index (κ2) is 9.40. The summed E-state index contributed by atoms with van der Waals surface area (Å²) in [5.41, 5.74) is 1.98. The zero-order valence-corrected chi connectivity index (χ0v) is 18.3. The number of nitrogens with one attached hydrogen (secondary N) is 1. The number of benzene rings is 2. The molecule has 1 saturated heterocycles. The first-order valence-corrected chi connectivity index (χ1v) is 11.3. The van der Waals surface area contributed by atoms with E-state index >= 15 is 0 Å². The molecule has 2 aromatic carbocycles. The van der Waals surface area contributed by atoms with E-state index in [1.807, 2.05) is 31.2 Å². The number of hydrogen-bond donors (Lipinski definition) is 1. The van der Waals surface area contributed by atoms with Gasteiger partial charge in [-0.15, -0.1) is 11.8 Å². The van der Waals surface area contributed by atoms with Crippen LogP contribution in [0.4, 0.5) is 10.1 Å². The predicted molar refractivity (Wildman–Crippen MR) is 123 cm³/mol. The molecule has 0 bridgehead atoms. The quantitative estimate of drug-likeness (QED) is 0.645. The van der Waals surface area contributed by atoms with E-state index in [2.05, 4.69) is 5.32 Å². The van der Waals surface area contributed by atoms with Crippen molar-refractivity contribution in [2.75, 3.05) is 16.9 Å². The van der Waals surface area contributed by atoms with E-state index in [9.17, 15) is 18.8 Å². The number of aromatic nitrogens is 1. The molecule has 1 aliphatic rings. The third kappa shape index (κ3) is 4.75. The van der Waals surface area contributed by atoms with Crippen LogP contribution in [0.2, 0.25) is 0 Å².